The molecule has 0 radical (unpaired) electrons. The van der Waals surface area contributed by atoms with Crippen molar-refractivity contribution in [3.8, 4) is 17.2 Å². The molecule has 4 heteroatoms. The Labute approximate surface area is 175 Å². The fourth-order valence-electron chi connectivity index (χ4n) is 3.71. The third-order valence-electron chi connectivity index (χ3n) is 5.37. The van der Waals surface area contributed by atoms with Gasteiger partial charge in [0.2, 0.25) is 0 Å². The van der Waals surface area contributed by atoms with Crippen LogP contribution in [0.2, 0.25) is 0 Å². The largest absolute Gasteiger partial charge is 0.293 e. The lowest BCUT2D eigenvalue weighted by Crippen LogP contribution is -2.14. The van der Waals surface area contributed by atoms with E-state index in [4.69, 9.17) is 4.98 Å². The molecule has 1 unspecified atom stereocenters. The Kier molecular flexibility index (Phi) is 5.78. The van der Waals surface area contributed by atoms with Crippen molar-refractivity contribution in [2.75, 3.05) is 5.75 Å². The highest BCUT2D eigenvalue weighted by Gasteiger charge is 2.20. The number of fused-ring (bicyclic) bond motifs is 1. The molecule has 1 aromatic heterocycles. The highest BCUT2D eigenvalue weighted by Crippen LogP contribution is 2.30. The summed E-state index contributed by atoms with van der Waals surface area (Å²) in [5, 5.41) is 10.2. The van der Waals surface area contributed by atoms with Crippen LogP contribution in [0.25, 0.3) is 11.1 Å². The normalized spacial score (nSPS) is 15.4. The van der Waals surface area contributed by atoms with Gasteiger partial charge in [0.25, 0.3) is 0 Å². The molecule has 0 amide bonds. The number of nitrogens with zero attached hydrogens (tertiary/aromatic N) is 2. The third-order valence-corrected chi connectivity index (χ3v) is 6.36. The number of pyridine rings is 1. The molecule has 1 aliphatic carbocycles. The van der Waals surface area contributed by atoms with Gasteiger partial charge in [-0.2, -0.15) is 5.26 Å². The zero-order chi connectivity index (χ0) is 20.2. The van der Waals surface area contributed by atoms with Crippen molar-refractivity contribution in [3.05, 3.63) is 83.0 Å². The van der Waals surface area contributed by atoms with E-state index >= 15 is 0 Å². The summed E-state index contributed by atoms with van der Waals surface area (Å²) < 4.78 is 0. The minimum absolute atomic E-state index is 0.0478. The van der Waals surface area contributed by atoms with Gasteiger partial charge in [-0.15, -0.1) is 0 Å². The predicted octanol–water partition coefficient (Wildman–Crippen LogP) is 5.72. The summed E-state index contributed by atoms with van der Waals surface area (Å²) in [6, 6.07) is 22.0. The van der Waals surface area contributed by atoms with E-state index in [0.29, 0.717) is 22.1 Å². The van der Waals surface area contributed by atoms with Gasteiger partial charge in [-0.3, -0.25) is 4.79 Å². The molecule has 0 spiro atoms. The maximum Gasteiger partial charge on any atom is 0.173 e. The first kappa shape index (κ1) is 19.4. The molecule has 0 saturated heterocycles. The predicted molar refractivity (Wildman–Crippen MR) is 117 cm³/mol. The third kappa shape index (κ3) is 4.41. The molecule has 4 rings (SSSR count). The van der Waals surface area contributed by atoms with Gasteiger partial charge in [0.05, 0.1) is 11.3 Å². The number of Topliss-reactive ketones (excluding diaryl/α,β-unsaturated/α-hetero) is 1. The van der Waals surface area contributed by atoms with Crippen LogP contribution in [0.15, 0.2) is 65.7 Å². The van der Waals surface area contributed by atoms with E-state index in [1.165, 1.54) is 17.3 Å². The number of carbonyl (C=O) groups excluding carboxylic acids is 1. The van der Waals surface area contributed by atoms with Gasteiger partial charge in [-0.1, -0.05) is 73.3 Å². The molecule has 0 N–H and O–H groups in total. The van der Waals surface area contributed by atoms with E-state index in [0.717, 1.165) is 36.1 Å². The lowest BCUT2D eigenvalue weighted by molar-refractivity contribution is 0.102. The van der Waals surface area contributed by atoms with Gasteiger partial charge < -0.3 is 0 Å². The van der Waals surface area contributed by atoms with Gasteiger partial charge in [0.15, 0.2) is 5.78 Å². The SMILES string of the molecule is CC1CCc2nc(SCC(=O)c3ccc(-c4ccccc4)cc3)c(C#N)cc2C1. The fraction of sp³-hybridized carbons (Fsp3) is 0.240. The number of hydrogen-bond donors (Lipinski definition) is 0. The maximum absolute atomic E-state index is 12.7. The van der Waals surface area contributed by atoms with Crippen LogP contribution in [0, 0.1) is 17.2 Å². The molecular weight excluding hydrogens is 376 g/mol. The average Bonchev–Trinajstić information content (AvgIpc) is 2.77. The Morgan fingerprint density at radius 2 is 1.86 bits per heavy atom. The summed E-state index contributed by atoms with van der Waals surface area (Å²) >= 11 is 1.37. The van der Waals surface area contributed by atoms with Gasteiger partial charge in [0.1, 0.15) is 11.1 Å². The van der Waals surface area contributed by atoms with Gasteiger partial charge in [-0.25, -0.2) is 4.98 Å². The lowest BCUT2D eigenvalue weighted by Gasteiger charge is -2.21. The van der Waals surface area contributed by atoms with Crippen LogP contribution in [-0.4, -0.2) is 16.5 Å². The molecule has 0 saturated carbocycles. The smallest absolute Gasteiger partial charge is 0.173 e. The summed E-state index contributed by atoms with van der Waals surface area (Å²) in [7, 11) is 0. The quantitative estimate of drug-likeness (QED) is 0.407. The van der Waals surface area contributed by atoms with Crippen LogP contribution in [0.4, 0.5) is 0 Å². The molecule has 0 fully saturated rings. The number of carbonyl (C=O) groups is 1. The molecule has 144 valence electrons. The topological polar surface area (TPSA) is 53.8 Å². The van der Waals surface area contributed by atoms with E-state index < -0.39 is 0 Å². The second-order valence-electron chi connectivity index (χ2n) is 7.56. The number of benzene rings is 2. The summed E-state index contributed by atoms with van der Waals surface area (Å²) in [5.41, 5.74) is 5.76. The van der Waals surface area contributed by atoms with E-state index in [1.807, 2.05) is 48.5 Å². The Balaban J connectivity index is 1.46. The second kappa shape index (κ2) is 8.63. The Hall–Kier alpha value is -2.90. The second-order valence-corrected chi connectivity index (χ2v) is 8.53. The van der Waals surface area contributed by atoms with Crippen molar-refractivity contribution in [2.24, 2.45) is 5.92 Å². The van der Waals surface area contributed by atoms with Crippen LogP contribution >= 0.6 is 11.8 Å². The average molecular weight is 399 g/mol. The number of ketones is 1. The minimum Gasteiger partial charge on any atom is -0.293 e. The van der Waals surface area contributed by atoms with Crippen LogP contribution in [0.5, 0.6) is 0 Å². The molecule has 3 nitrogen and oxygen atoms in total. The van der Waals surface area contributed by atoms with Gasteiger partial charge >= 0.3 is 0 Å². The first-order valence-electron chi connectivity index (χ1n) is 9.88. The molecule has 0 bridgehead atoms. The van der Waals surface area contributed by atoms with E-state index in [1.54, 1.807) is 0 Å². The van der Waals surface area contributed by atoms with Crippen molar-refractivity contribution in [1.82, 2.24) is 4.98 Å². The number of aromatic nitrogens is 1. The number of hydrogen-bond acceptors (Lipinski definition) is 4. The van der Waals surface area contributed by atoms with E-state index in [2.05, 4.69) is 25.1 Å². The number of rotatable bonds is 5. The van der Waals surface area contributed by atoms with Crippen molar-refractivity contribution in [1.29, 1.82) is 5.26 Å². The van der Waals surface area contributed by atoms with Crippen LogP contribution in [0.3, 0.4) is 0 Å². The monoisotopic (exact) mass is 398 g/mol. The lowest BCUT2D eigenvalue weighted by atomic mass is 9.87. The van der Waals surface area contributed by atoms with Crippen molar-refractivity contribution in [3.63, 3.8) is 0 Å². The Bertz CT molecular complexity index is 1070. The minimum atomic E-state index is 0.0478. The number of nitriles is 1. The fourth-order valence-corrected chi connectivity index (χ4v) is 4.58. The number of thioether (sulfide) groups is 1. The Morgan fingerprint density at radius 3 is 2.59 bits per heavy atom. The van der Waals surface area contributed by atoms with Crippen LogP contribution in [0.1, 0.15) is 40.5 Å². The highest BCUT2D eigenvalue weighted by atomic mass is 32.2. The molecule has 29 heavy (non-hydrogen) atoms. The molecule has 1 aliphatic rings. The first-order chi connectivity index (χ1) is 14.1. The molecular formula is C25H22N2OS. The number of aryl methyl sites for hydroxylation is 1. The summed E-state index contributed by atoms with van der Waals surface area (Å²) in [6.45, 7) is 2.24. The summed E-state index contributed by atoms with van der Waals surface area (Å²) in [6.07, 6.45) is 3.06. The van der Waals surface area contributed by atoms with Gasteiger partial charge in [0, 0.05) is 11.3 Å². The molecule has 2 aromatic carbocycles. The van der Waals surface area contributed by atoms with Crippen molar-refractivity contribution < 1.29 is 4.79 Å². The maximum atomic E-state index is 12.7. The first-order valence-corrected chi connectivity index (χ1v) is 10.9. The van der Waals surface area contributed by atoms with Crippen molar-refractivity contribution in [2.45, 2.75) is 31.2 Å². The summed E-state index contributed by atoms with van der Waals surface area (Å²) in [4.78, 5) is 17.4. The zero-order valence-corrected chi connectivity index (χ0v) is 17.2. The summed E-state index contributed by atoms with van der Waals surface area (Å²) in [5.74, 6) is 0.961. The highest BCUT2D eigenvalue weighted by molar-refractivity contribution is 8.00. The standard InChI is InChI=1S/C25H22N2OS/c1-17-7-12-23-21(13-17)14-22(15-26)25(27-23)29-16-24(28)20-10-8-19(9-11-20)18-5-3-2-4-6-18/h2-6,8-11,14,17H,7,12-13,16H2,1H3. The Morgan fingerprint density at radius 1 is 1.14 bits per heavy atom. The molecule has 1 heterocycles. The zero-order valence-electron chi connectivity index (χ0n) is 16.4. The van der Waals surface area contributed by atoms with Crippen molar-refractivity contribution >= 4 is 17.5 Å². The molecule has 3 aromatic rings. The van der Waals surface area contributed by atoms with Gasteiger partial charge in [-0.05, 0) is 47.9 Å². The van der Waals surface area contributed by atoms with Crippen LogP contribution in [-0.2, 0) is 12.8 Å². The van der Waals surface area contributed by atoms with Crippen LogP contribution < -0.4 is 0 Å². The molecule has 1 atom stereocenters. The van der Waals surface area contributed by atoms with E-state index in [-0.39, 0.29) is 11.5 Å². The molecule has 0 aliphatic heterocycles. The van der Waals surface area contributed by atoms with E-state index in [9.17, 15) is 10.1 Å².